The lowest BCUT2D eigenvalue weighted by atomic mass is 10.0. The highest BCUT2D eigenvalue weighted by Gasteiger charge is 2.26. The molecule has 0 spiro atoms. The van der Waals surface area contributed by atoms with Gasteiger partial charge in [0.15, 0.2) is 17.4 Å². The van der Waals surface area contributed by atoms with Gasteiger partial charge >= 0.3 is 0 Å². The minimum Gasteiger partial charge on any atom is -0.433 e. The van der Waals surface area contributed by atoms with Gasteiger partial charge < -0.3 is 20.1 Å². The van der Waals surface area contributed by atoms with E-state index in [1.165, 1.54) is 29.2 Å². The Kier molecular flexibility index (Phi) is 6.85. The van der Waals surface area contributed by atoms with Gasteiger partial charge in [0.05, 0.1) is 42.5 Å². The lowest BCUT2D eigenvalue weighted by molar-refractivity contribution is 0.103. The van der Waals surface area contributed by atoms with Crippen LogP contribution in [0.15, 0.2) is 58.8 Å². The molecule has 0 saturated carbocycles. The Labute approximate surface area is 237 Å². The van der Waals surface area contributed by atoms with Crippen LogP contribution < -0.4 is 15.4 Å². The van der Waals surface area contributed by atoms with Gasteiger partial charge in [-0.05, 0) is 69.9 Å². The number of morpholine rings is 1. The van der Waals surface area contributed by atoms with Gasteiger partial charge in [0, 0.05) is 35.6 Å². The van der Waals surface area contributed by atoms with Crippen LogP contribution in [0.3, 0.4) is 0 Å². The number of carbonyl (C=O) groups is 1. The minimum atomic E-state index is -0.837. The van der Waals surface area contributed by atoms with Crippen molar-refractivity contribution in [3.05, 3.63) is 92.7 Å². The van der Waals surface area contributed by atoms with Gasteiger partial charge in [0.1, 0.15) is 5.82 Å². The van der Waals surface area contributed by atoms with E-state index in [-0.39, 0.29) is 23.0 Å². The van der Waals surface area contributed by atoms with E-state index in [4.69, 9.17) is 15.2 Å². The molecule has 0 amide bonds. The van der Waals surface area contributed by atoms with E-state index in [1.807, 2.05) is 6.08 Å². The van der Waals surface area contributed by atoms with E-state index in [1.54, 1.807) is 6.92 Å². The van der Waals surface area contributed by atoms with Crippen LogP contribution in [0.5, 0.6) is 11.6 Å². The van der Waals surface area contributed by atoms with Gasteiger partial charge in [-0.25, -0.2) is 18.4 Å². The lowest BCUT2D eigenvalue weighted by Gasteiger charge is -2.30. The molecule has 0 atom stereocenters. The number of ether oxygens (including phenoxy) is 2. The number of benzene rings is 2. The summed E-state index contributed by atoms with van der Waals surface area (Å²) in [5.41, 5.74) is 11.6. The number of allylic oxidation sites excluding steroid dienone is 1. The van der Waals surface area contributed by atoms with Crippen LogP contribution in [0.25, 0.3) is 11.8 Å². The van der Waals surface area contributed by atoms with Crippen LogP contribution in [-0.4, -0.2) is 46.9 Å². The standard InChI is InChI=1S/C29H24BrF2N5O3/c1-16-9-26(40-28-22(31)3-2-4-23(28)32)34-15-25(16)37-29(33)20(14-35-37)27(38)19-10-17-12-21(30)24(13-18(17)11-19)36-5-7-39-8-6-36/h2-4,9,11-15H,5-8,10,33H2,1H3. The maximum atomic E-state index is 14.0. The summed E-state index contributed by atoms with van der Waals surface area (Å²) in [6.07, 6.45) is 5.26. The second kappa shape index (κ2) is 10.5. The summed E-state index contributed by atoms with van der Waals surface area (Å²) in [5, 5.41) is 4.34. The zero-order valence-corrected chi connectivity index (χ0v) is 23.0. The van der Waals surface area contributed by atoms with Crippen molar-refractivity contribution < 1.29 is 23.0 Å². The third kappa shape index (κ3) is 4.75. The number of anilines is 2. The first-order chi connectivity index (χ1) is 19.3. The number of nitrogens with zero attached hydrogens (tertiary/aromatic N) is 4. The molecule has 1 saturated heterocycles. The van der Waals surface area contributed by atoms with Crippen molar-refractivity contribution in [3.8, 4) is 17.3 Å². The van der Waals surface area contributed by atoms with Gasteiger partial charge in [0.2, 0.25) is 11.6 Å². The summed E-state index contributed by atoms with van der Waals surface area (Å²) < 4.78 is 41.2. The Balaban J connectivity index is 1.24. The first kappa shape index (κ1) is 26.1. The summed E-state index contributed by atoms with van der Waals surface area (Å²) in [6, 6.07) is 9.13. The number of nitrogens with two attached hydrogens (primary N) is 1. The number of rotatable bonds is 6. The lowest BCUT2D eigenvalue weighted by Crippen LogP contribution is -2.36. The first-order valence-corrected chi connectivity index (χ1v) is 13.4. The normalized spacial score (nSPS) is 14.7. The number of carbonyl (C=O) groups excluding carboxylic acids is 1. The van der Waals surface area contributed by atoms with E-state index in [0.29, 0.717) is 36.5 Å². The van der Waals surface area contributed by atoms with Crippen molar-refractivity contribution in [3.63, 3.8) is 0 Å². The third-order valence-corrected chi connectivity index (χ3v) is 7.66. The summed E-state index contributed by atoms with van der Waals surface area (Å²) >= 11 is 3.69. The topological polar surface area (TPSA) is 95.5 Å². The molecule has 11 heteroatoms. The molecule has 1 fully saturated rings. The van der Waals surface area contributed by atoms with Crippen molar-refractivity contribution in [1.29, 1.82) is 0 Å². The van der Waals surface area contributed by atoms with E-state index >= 15 is 0 Å². The van der Waals surface area contributed by atoms with Crippen LogP contribution in [0.2, 0.25) is 0 Å². The number of Topliss-reactive ketones (excluding diaryl/α,β-unsaturated/α-hetero) is 1. The molecule has 3 heterocycles. The molecule has 2 aromatic carbocycles. The number of hydrogen-bond acceptors (Lipinski definition) is 7. The molecule has 4 aromatic rings. The molecule has 2 N–H and O–H groups in total. The SMILES string of the molecule is Cc1cc(Oc2c(F)cccc2F)ncc1-n1ncc(C(=O)C2=Cc3cc(N4CCOCC4)c(Br)cc3C2)c1N. The molecule has 6 rings (SSSR count). The predicted molar refractivity (Wildman–Crippen MR) is 150 cm³/mol. The Morgan fingerprint density at radius 2 is 1.85 bits per heavy atom. The number of fused-ring (bicyclic) bond motifs is 1. The highest BCUT2D eigenvalue weighted by molar-refractivity contribution is 9.10. The first-order valence-electron chi connectivity index (χ1n) is 12.6. The van der Waals surface area contributed by atoms with E-state index in [2.05, 4.69) is 43.0 Å². The number of aromatic nitrogens is 3. The summed E-state index contributed by atoms with van der Waals surface area (Å²) in [4.78, 5) is 19.9. The van der Waals surface area contributed by atoms with Crippen LogP contribution in [-0.2, 0) is 11.2 Å². The maximum Gasteiger partial charge on any atom is 0.219 e. The van der Waals surface area contributed by atoms with Crippen molar-refractivity contribution in [2.75, 3.05) is 36.9 Å². The monoisotopic (exact) mass is 607 g/mol. The fourth-order valence-electron chi connectivity index (χ4n) is 4.93. The van der Waals surface area contributed by atoms with Crippen LogP contribution >= 0.6 is 15.9 Å². The average Bonchev–Trinajstić information content (AvgIpc) is 3.53. The van der Waals surface area contributed by atoms with Crippen molar-refractivity contribution >= 4 is 39.3 Å². The van der Waals surface area contributed by atoms with Gasteiger partial charge in [-0.1, -0.05) is 6.07 Å². The molecule has 0 unspecified atom stereocenters. The maximum absolute atomic E-state index is 14.0. The number of hydrogen-bond donors (Lipinski definition) is 1. The number of pyridine rings is 1. The Morgan fingerprint density at radius 3 is 2.58 bits per heavy atom. The van der Waals surface area contributed by atoms with Crippen LogP contribution in [0.1, 0.15) is 27.0 Å². The van der Waals surface area contributed by atoms with Crippen molar-refractivity contribution in [1.82, 2.24) is 14.8 Å². The highest BCUT2D eigenvalue weighted by Crippen LogP contribution is 2.37. The molecule has 0 bridgehead atoms. The van der Waals surface area contributed by atoms with Crippen molar-refractivity contribution in [2.45, 2.75) is 13.3 Å². The predicted octanol–water partition coefficient (Wildman–Crippen LogP) is 5.65. The smallest absolute Gasteiger partial charge is 0.219 e. The van der Waals surface area contributed by atoms with E-state index in [0.717, 1.165) is 46.5 Å². The van der Waals surface area contributed by atoms with Gasteiger partial charge in [0.25, 0.3) is 0 Å². The number of halogens is 3. The average molecular weight is 608 g/mol. The van der Waals surface area contributed by atoms with Crippen LogP contribution in [0, 0.1) is 18.6 Å². The number of para-hydroxylation sites is 1. The molecular formula is C29H24BrF2N5O3. The molecule has 1 aliphatic heterocycles. The number of aryl methyl sites for hydroxylation is 1. The third-order valence-electron chi connectivity index (χ3n) is 7.03. The molecule has 204 valence electrons. The zero-order valence-electron chi connectivity index (χ0n) is 21.5. The van der Waals surface area contributed by atoms with Crippen LogP contribution in [0.4, 0.5) is 20.3 Å². The minimum absolute atomic E-state index is 0.00348. The highest BCUT2D eigenvalue weighted by atomic mass is 79.9. The molecule has 8 nitrogen and oxygen atoms in total. The molecular weight excluding hydrogens is 584 g/mol. The largest absolute Gasteiger partial charge is 0.433 e. The molecule has 1 aliphatic carbocycles. The fourth-order valence-corrected chi connectivity index (χ4v) is 5.57. The quantitative estimate of drug-likeness (QED) is 0.283. The second-order valence-corrected chi connectivity index (χ2v) is 10.4. The number of ketones is 1. The Morgan fingerprint density at radius 1 is 1.10 bits per heavy atom. The Bertz CT molecular complexity index is 1660. The zero-order chi connectivity index (χ0) is 28.0. The Hall–Kier alpha value is -4.09. The van der Waals surface area contributed by atoms with E-state index < -0.39 is 17.4 Å². The molecule has 0 radical (unpaired) electrons. The van der Waals surface area contributed by atoms with E-state index in [9.17, 15) is 13.6 Å². The number of nitrogen functional groups attached to an aromatic ring is 1. The second-order valence-electron chi connectivity index (χ2n) is 9.59. The summed E-state index contributed by atoms with van der Waals surface area (Å²) in [6.45, 7) is 4.74. The molecule has 2 aromatic heterocycles. The molecule has 40 heavy (non-hydrogen) atoms. The summed E-state index contributed by atoms with van der Waals surface area (Å²) in [7, 11) is 0. The van der Waals surface area contributed by atoms with Crippen molar-refractivity contribution in [2.24, 2.45) is 0 Å². The van der Waals surface area contributed by atoms with Gasteiger partial charge in [-0.15, -0.1) is 0 Å². The molecule has 2 aliphatic rings. The van der Waals surface area contributed by atoms with Gasteiger partial charge in [-0.2, -0.15) is 5.10 Å². The summed E-state index contributed by atoms with van der Waals surface area (Å²) in [5.74, 6) is -2.25. The van der Waals surface area contributed by atoms with Gasteiger partial charge in [-0.3, -0.25) is 4.79 Å². The fraction of sp³-hybridized carbons (Fsp3) is 0.207.